The zero-order chi connectivity index (χ0) is 12.2. The summed E-state index contributed by atoms with van der Waals surface area (Å²) in [5.41, 5.74) is -0.278. The molecule has 0 fully saturated rings. The van der Waals surface area contributed by atoms with Gasteiger partial charge in [-0.25, -0.2) is 0 Å². The van der Waals surface area contributed by atoms with Crippen LogP contribution in [0.2, 0.25) is 0 Å². The van der Waals surface area contributed by atoms with Gasteiger partial charge < -0.3 is 10.0 Å². The number of hydrogen-bond acceptors (Lipinski definition) is 3. The van der Waals surface area contributed by atoms with Gasteiger partial charge in [-0.1, -0.05) is 0 Å². The minimum atomic E-state index is -0.876. The van der Waals surface area contributed by atoms with Crippen molar-refractivity contribution in [3.8, 4) is 0 Å². The Morgan fingerprint density at radius 2 is 2.00 bits per heavy atom. The molecule has 0 saturated carbocycles. The minimum Gasteiger partial charge on any atom is -0.389 e. The van der Waals surface area contributed by atoms with Gasteiger partial charge in [-0.3, -0.25) is 9.78 Å². The van der Waals surface area contributed by atoms with Gasteiger partial charge in [0.1, 0.15) is 0 Å². The van der Waals surface area contributed by atoms with Gasteiger partial charge in [0.15, 0.2) is 0 Å². The van der Waals surface area contributed by atoms with Gasteiger partial charge in [0.2, 0.25) is 0 Å². The fourth-order valence-electron chi connectivity index (χ4n) is 1.47. The first-order valence-electron chi connectivity index (χ1n) is 5.35. The van der Waals surface area contributed by atoms with E-state index < -0.39 is 5.60 Å². The number of amides is 1. The molecule has 88 valence electrons. The number of aromatic nitrogens is 1. The smallest absolute Gasteiger partial charge is 0.254 e. The predicted molar refractivity (Wildman–Crippen MR) is 62.1 cm³/mol. The molecule has 0 atom stereocenters. The lowest BCUT2D eigenvalue weighted by molar-refractivity contribution is 0.0314. The van der Waals surface area contributed by atoms with E-state index in [0.29, 0.717) is 18.7 Å². The van der Waals surface area contributed by atoms with Crippen LogP contribution in [0.15, 0.2) is 24.5 Å². The lowest BCUT2D eigenvalue weighted by atomic mass is 10.1. The summed E-state index contributed by atoms with van der Waals surface area (Å²) in [6.45, 7) is 6.17. The zero-order valence-electron chi connectivity index (χ0n) is 9.97. The molecule has 0 radical (unpaired) electrons. The van der Waals surface area contributed by atoms with Gasteiger partial charge in [0.05, 0.1) is 5.60 Å². The fourth-order valence-corrected chi connectivity index (χ4v) is 1.47. The van der Waals surface area contributed by atoms with Crippen molar-refractivity contribution in [1.82, 2.24) is 9.88 Å². The summed E-state index contributed by atoms with van der Waals surface area (Å²) in [6, 6.07) is 3.35. The van der Waals surface area contributed by atoms with Crippen LogP contribution in [0, 0.1) is 0 Å². The summed E-state index contributed by atoms with van der Waals surface area (Å²) in [4.78, 5) is 17.5. The van der Waals surface area contributed by atoms with E-state index in [1.807, 2.05) is 6.92 Å². The first-order chi connectivity index (χ1) is 7.44. The third-order valence-electron chi connectivity index (χ3n) is 2.17. The molecular weight excluding hydrogens is 204 g/mol. The number of aliphatic hydroxyl groups is 1. The van der Waals surface area contributed by atoms with Crippen LogP contribution in [0.3, 0.4) is 0 Å². The Morgan fingerprint density at radius 3 is 2.44 bits per heavy atom. The van der Waals surface area contributed by atoms with Crippen molar-refractivity contribution >= 4 is 5.91 Å². The van der Waals surface area contributed by atoms with E-state index in [-0.39, 0.29) is 5.91 Å². The standard InChI is InChI=1S/C12H18N2O2/c1-4-14(9-12(2,3)16)11(15)10-5-7-13-8-6-10/h5-8,16H,4,9H2,1-3H3. The maximum absolute atomic E-state index is 12.0. The van der Waals surface area contributed by atoms with Gasteiger partial charge >= 0.3 is 0 Å². The Bertz CT molecular complexity index is 344. The van der Waals surface area contributed by atoms with Gasteiger partial charge in [0.25, 0.3) is 5.91 Å². The second-order valence-corrected chi connectivity index (χ2v) is 4.37. The molecule has 0 aliphatic carbocycles. The highest BCUT2D eigenvalue weighted by molar-refractivity contribution is 5.94. The average Bonchev–Trinajstić information content (AvgIpc) is 2.25. The molecule has 1 N–H and O–H groups in total. The van der Waals surface area contributed by atoms with Crippen LogP contribution in [0.5, 0.6) is 0 Å². The second-order valence-electron chi connectivity index (χ2n) is 4.37. The number of likely N-dealkylation sites (N-methyl/N-ethyl adjacent to an activating group) is 1. The van der Waals surface area contributed by atoms with Crippen molar-refractivity contribution in [2.75, 3.05) is 13.1 Å². The molecular formula is C12H18N2O2. The Labute approximate surface area is 95.9 Å². The fraction of sp³-hybridized carbons (Fsp3) is 0.500. The maximum Gasteiger partial charge on any atom is 0.254 e. The van der Waals surface area contributed by atoms with E-state index in [1.54, 1.807) is 43.3 Å². The lowest BCUT2D eigenvalue weighted by Crippen LogP contribution is -2.42. The van der Waals surface area contributed by atoms with Crippen molar-refractivity contribution in [3.05, 3.63) is 30.1 Å². The maximum atomic E-state index is 12.0. The third kappa shape index (κ3) is 3.62. The van der Waals surface area contributed by atoms with Crippen molar-refractivity contribution in [3.63, 3.8) is 0 Å². The van der Waals surface area contributed by atoms with Gasteiger partial charge in [-0.15, -0.1) is 0 Å². The molecule has 0 spiro atoms. The topological polar surface area (TPSA) is 53.4 Å². The first-order valence-corrected chi connectivity index (χ1v) is 5.35. The third-order valence-corrected chi connectivity index (χ3v) is 2.17. The monoisotopic (exact) mass is 222 g/mol. The van der Waals surface area contributed by atoms with E-state index in [1.165, 1.54) is 0 Å². The lowest BCUT2D eigenvalue weighted by Gasteiger charge is -2.28. The van der Waals surface area contributed by atoms with Crippen LogP contribution in [-0.2, 0) is 0 Å². The zero-order valence-corrected chi connectivity index (χ0v) is 9.97. The summed E-state index contributed by atoms with van der Waals surface area (Å²) in [6.07, 6.45) is 3.18. The highest BCUT2D eigenvalue weighted by atomic mass is 16.3. The first kappa shape index (κ1) is 12.6. The summed E-state index contributed by atoms with van der Waals surface area (Å²) < 4.78 is 0. The highest BCUT2D eigenvalue weighted by Crippen LogP contribution is 2.09. The molecule has 1 rings (SSSR count). The van der Waals surface area contributed by atoms with Crippen LogP contribution in [0.25, 0.3) is 0 Å². The van der Waals surface area contributed by atoms with Crippen LogP contribution in [0.1, 0.15) is 31.1 Å². The molecule has 1 amide bonds. The Morgan fingerprint density at radius 1 is 1.44 bits per heavy atom. The quantitative estimate of drug-likeness (QED) is 0.835. The summed E-state index contributed by atoms with van der Waals surface area (Å²) in [5, 5.41) is 9.71. The SMILES string of the molecule is CCN(CC(C)(C)O)C(=O)c1ccncc1. The van der Waals surface area contributed by atoms with Gasteiger partial charge in [-0.05, 0) is 32.9 Å². The average molecular weight is 222 g/mol. The van der Waals surface area contributed by atoms with Crippen LogP contribution in [-0.4, -0.2) is 39.6 Å². The molecule has 0 aliphatic rings. The Balaban J connectivity index is 2.78. The molecule has 1 heterocycles. The minimum absolute atomic E-state index is 0.0768. The van der Waals surface area contributed by atoms with Crippen molar-refractivity contribution in [1.29, 1.82) is 0 Å². The van der Waals surface area contributed by atoms with Gasteiger partial charge in [-0.2, -0.15) is 0 Å². The van der Waals surface area contributed by atoms with Crippen molar-refractivity contribution < 1.29 is 9.90 Å². The number of pyridine rings is 1. The number of rotatable bonds is 4. The second kappa shape index (κ2) is 5.07. The van der Waals surface area contributed by atoms with Crippen molar-refractivity contribution in [2.24, 2.45) is 0 Å². The van der Waals surface area contributed by atoms with E-state index in [4.69, 9.17) is 0 Å². The molecule has 0 unspecified atom stereocenters. The summed E-state index contributed by atoms with van der Waals surface area (Å²) in [7, 11) is 0. The Hall–Kier alpha value is -1.42. The van der Waals surface area contributed by atoms with Crippen LogP contribution < -0.4 is 0 Å². The summed E-state index contributed by atoms with van der Waals surface area (Å²) >= 11 is 0. The number of hydrogen-bond donors (Lipinski definition) is 1. The van der Waals surface area contributed by atoms with Gasteiger partial charge in [0, 0.05) is 31.0 Å². The van der Waals surface area contributed by atoms with E-state index in [0.717, 1.165) is 0 Å². The molecule has 0 aliphatic heterocycles. The number of carbonyl (C=O) groups excluding carboxylic acids is 1. The number of nitrogens with zero attached hydrogens (tertiary/aromatic N) is 2. The van der Waals surface area contributed by atoms with E-state index >= 15 is 0 Å². The summed E-state index contributed by atoms with van der Waals surface area (Å²) in [5.74, 6) is -0.0768. The van der Waals surface area contributed by atoms with E-state index in [2.05, 4.69) is 4.98 Å². The van der Waals surface area contributed by atoms with Crippen molar-refractivity contribution in [2.45, 2.75) is 26.4 Å². The van der Waals surface area contributed by atoms with Crippen LogP contribution >= 0.6 is 0 Å². The van der Waals surface area contributed by atoms with E-state index in [9.17, 15) is 9.90 Å². The molecule has 0 saturated heterocycles. The number of carbonyl (C=O) groups is 1. The van der Waals surface area contributed by atoms with Crippen LogP contribution in [0.4, 0.5) is 0 Å². The molecule has 1 aromatic rings. The molecule has 0 bridgehead atoms. The predicted octanol–water partition coefficient (Wildman–Crippen LogP) is 1.31. The highest BCUT2D eigenvalue weighted by Gasteiger charge is 2.21. The molecule has 4 heteroatoms. The molecule has 4 nitrogen and oxygen atoms in total. The molecule has 16 heavy (non-hydrogen) atoms. The Kier molecular flexibility index (Phi) is 4.01. The molecule has 1 aromatic heterocycles. The normalized spacial score (nSPS) is 11.2. The largest absolute Gasteiger partial charge is 0.389 e. The molecule has 0 aromatic carbocycles.